The third-order valence-corrected chi connectivity index (χ3v) is 1.52. The van der Waals surface area contributed by atoms with Gasteiger partial charge in [-0.05, 0) is 33.9 Å². The topological polar surface area (TPSA) is 38.3 Å². The summed E-state index contributed by atoms with van der Waals surface area (Å²) in [7, 11) is 1.87. The van der Waals surface area contributed by atoms with E-state index in [1.165, 1.54) is 6.08 Å². The fourth-order valence-corrected chi connectivity index (χ4v) is 0.791. The quantitative estimate of drug-likeness (QED) is 0.497. The third kappa shape index (κ3) is 4.91. The molecule has 0 aromatic rings. The van der Waals surface area contributed by atoms with Crippen molar-refractivity contribution in [2.45, 2.75) is 25.9 Å². The van der Waals surface area contributed by atoms with Gasteiger partial charge in [0.2, 0.25) is 0 Å². The maximum Gasteiger partial charge on any atom is 0.330 e. The van der Waals surface area contributed by atoms with Gasteiger partial charge in [-0.3, -0.25) is 0 Å². The molecule has 0 saturated carbocycles. The molecule has 0 unspecified atom stereocenters. The number of ether oxygens (including phenoxy) is 1. The van der Waals surface area contributed by atoms with Crippen LogP contribution in [0.2, 0.25) is 0 Å². The van der Waals surface area contributed by atoms with Crippen LogP contribution >= 0.6 is 0 Å². The summed E-state index contributed by atoms with van der Waals surface area (Å²) in [6.45, 7) is 7.93. The second kappa shape index (κ2) is 4.93. The first-order chi connectivity index (χ1) is 5.52. The number of carbonyl (C=O) groups excluding carboxylic acids is 1. The van der Waals surface area contributed by atoms with Gasteiger partial charge in [0.1, 0.15) is 5.60 Å². The molecule has 3 heteroatoms. The minimum atomic E-state index is -0.408. The zero-order valence-electron chi connectivity index (χ0n) is 8.02. The van der Waals surface area contributed by atoms with E-state index in [0.717, 1.165) is 13.0 Å². The molecule has 0 aliphatic carbocycles. The Kier molecular flexibility index (Phi) is 4.59. The average molecular weight is 171 g/mol. The highest BCUT2D eigenvalue weighted by molar-refractivity contribution is 5.81. The van der Waals surface area contributed by atoms with Crippen LogP contribution in [0, 0.1) is 0 Å². The minimum absolute atomic E-state index is 0.365. The number of nitrogens with one attached hydrogen (secondary N) is 1. The summed E-state index contributed by atoms with van der Waals surface area (Å²) in [6.07, 6.45) is 1.98. The highest BCUT2D eigenvalue weighted by atomic mass is 16.6. The number of rotatable bonds is 5. The summed E-state index contributed by atoms with van der Waals surface area (Å²) in [6, 6.07) is 0. The largest absolute Gasteiger partial charge is 0.456 e. The molecule has 0 aromatic heterocycles. The Hall–Kier alpha value is -0.830. The number of esters is 1. The van der Waals surface area contributed by atoms with Crippen molar-refractivity contribution in [3.05, 3.63) is 12.7 Å². The van der Waals surface area contributed by atoms with Crippen LogP contribution in [0.3, 0.4) is 0 Å². The molecule has 70 valence electrons. The van der Waals surface area contributed by atoms with Crippen LogP contribution in [0.4, 0.5) is 0 Å². The lowest BCUT2D eigenvalue weighted by atomic mass is 10.1. The van der Waals surface area contributed by atoms with E-state index < -0.39 is 5.60 Å². The van der Waals surface area contributed by atoms with Crippen molar-refractivity contribution >= 4 is 5.97 Å². The Balaban J connectivity index is 3.85. The Labute approximate surface area is 73.8 Å². The molecule has 3 nitrogen and oxygen atoms in total. The fourth-order valence-electron chi connectivity index (χ4n) is 0.791. The molecule has 0 saturated heterocycles. The molecule has 0 amide bonds. The molecule has 0 aliphatic rings. The van der Waals surface area contributed by atoms with Gasteiger partial charge >= 0.3 is 5.97 Å². The van der Waals surface area contributed by atoms with E-state index in [-0.39, 0.29) is 5.97 Å². The van der Waals surface area contributed by atoms with Crippen molar-refractivity contribution in [1.82, 2.24) is 5.32 Å². The highest BCUT2D eigenvalue weighted by Gasteiger charge is 2.20. The van der Waals surface area contributed by atoms with Crippen LogP contribution in [-0.2, 0) is 9.53 Å². The monoisotopic (exact) mass is 171 g/mol. The number of hydrogen-bond acceptors (Lipinski definition) is 3. The molecule has 0 aliphatic heterocycles. The van der Waals surface area contributed by atoms with E-state index >= 15 is 0 Å². The first kappa shape index (κ1) is 11.2. The lowest BCUT2D eigenvalue weighted by Crippen LogP contribution is -2.30. The van der Waals surface area contributed by atoms with Crippen LogP contribution in [0.15, 0.2) is 12.7 Å². The van der Waals surface area contributed by atoms with Gasteiger partial charge in [-0.1, -0.05) is 6.58 Å². The summed E-state index contributed by atoms with van der Waals surface area (Å²) < 4.78 is 5.09. The first-order valence-electron chi connectivity index (χ1n) is 4.02. The second-order valence-corrected chi connectivity index (χ2v) is 3.24. The Morgan fingerprint density at radius 3 is 2.67 bits per heavy atom. The standard InChI is InChI=1S/C9H17NO2/c1-5-8(11)12-9(2,3)6-7-10-4/h5,10H,1,6-7H2,2-4H3. The van der Waals surface area contributed by atoms with Crippen molar-refractivity contribution in [2.24, 2.45) is 0 Å². The molecule has 0 atom stereocenters. The predicted molar refractivity (Wildman–Crippen MR) is 48.9 cm³/mol. The smallest absolute Gasteiger partial charge is 0.330 e. The van der Waals surface area contributed by atoms with Gasteiger partial charge in [-0.2, -0.15) is 0 Å². The second-order valence-electron chi connectivity index (χ2n) is 3.24. The van der Waals surface area contributed by atoms with Gasteiger partial charge in [0.25, 0.3) is 0 Å². The predicted octanol–water partition coefficient (Wildman–Crippen LogP) is 1.10. The Morgan fingerprint density at radius 2 is 2.25 bits per heavy atom. The molecular weight excluding hydrogens is 154 g/mol. The van der Waals surface area contributed by atoms with E-state index in [4.69, 9.17) is 4.74 Å². The molecule has 0 spiro atoms. The van der Waals surface area contributed by atoms with Crippen LogP contribution < -0.4 is 5.32 Å². The van der Waals surface area contributed by atoms with Crippen LogP contribution in [0.5, 0.6) is 0 Å². The molecule has 0 aromatic carbocycles. The van der Waals surface area contributed by atoms with Gasteiger partial charge in [0.15, 0.2) is 0 Å². The zero-order chi connectivity index (χ0) is 9.61. The normalized spacial score (nSPS) is 10.9. The molecule has 0 heterocycles. The van der Waals surface area contributed by atoms with E-state index in [9.17, 15) is 4.79 Å². The van der Waals surface area contributed by atoms with Gasteiger partial charge in [-0.25, -0.2) is 4.79 Å². The summed E-state index contributed by atoms with van der Waals surface area (Å²) in [4.78, 5) is 10.8. The van der Waals surface area contributed by atoms with Crippen molar-refractivity contribution in [2.75, 3.05) is 13.6 Å². The zero-order valence-corrected chi connectivity index (χ0v) is 8.02. The average Bonchev–Trinajstić information content (AvgIpc) is 2.00. The summed E-state index contributed by atoms with van der Waals surface area (Å²) in [5.74, 6) is -0.365. The Bertz CT molecular complexity index is 164. The summed E-state index contributed by atoms with van der Waals surface area (Å²) >= 11 is 0. The van der Waals surface area contributed by atoms with E-state index in [1.54, 1.807) is 0 Å². The van der Waals surface area contributed by atoms with Gasteiger partial charge < -0.3 is 10.1 Å². The Morgan fingerprint density at radius 1 is 1.67 bits per heavy atom. The lowest BCUT2D eigenvalue weighted by Gasteiger charge is -2.24. The SMILES string of the molecule is C=CC(=O)OC(C)(C)CCNC. The van der Waals surface area contributed by atoms with E-state index in [1.807, 2.05) is 20.9 Å². The van der Waals surface area contributed by atoms with E-state index in [0.29, 0.717) is 0 Å². The van der Waals surface area contributed by atoms with Crippen molar-refractivity contribution in [1.29, 1.82) is 0 Å². The van der Waals surface area contributed by atoms with E-state index in [2.05, 4.69) is 11.9 Å². The molecule has 12 heavy (non-hydrogen) atoms. The number of carbonyl (C=O) groups is 1. The summed E-state index contributed by atoms with van der Waals surface area (Å²) in [5.41, 5.74) is -0.408. The fraction of sp³-hybridized carbons (Fsp3) is 0.667. The van der Waals surface area contributed by atoms with Crippen molar-refractivity contribution in [3.8, 4) is 0 Å². The maximum atomic E-state index is 10.8. The van der Waals surface area contributed by atoms with Gasteiger partial charge in [0.05, 0.1) is 0 Å². The minimum Gasteiger partial charge on any atom is -0.456 e. The molecular formula is C9H17NO2. The van der Waals surface area contributed by atoms with Crippen molar-refractivity contribution in [3.63, 3.8) is 0 Å². The highest BCUT2D eigenvalue weighted by Crippen LogP contribution is 2.13. The van der Waals surface area contributed by atoms with Crippen LogP contribution in [0.1, 0.15) is 20.3 Å². The molecule has 0 radical (unpaired) electrons. The van der Waals surface area contributed by atoms with Crippen molar-refractivity contribution < 1.29 is 9.53 Å². The van der Waals surface area contributed by atoms with Crippen LogP contribution in [-0.4, -0.2) is 25.2 Å². The van der Waals surface area contributed by atoms with Gasteiger partial charge in [-0.15, -0.1) is 0 Å². The first-order valence-corrected chi connectivity index (χ1v) is 4.02. The molecule has 0 bridgehead atoms. The number of hydrogen-bond donors (Lipinski definition) is 1. The van der Waals surface area contributed by atoms with Gasteiger partial charge in [0, 0.05) is 6.08 Å². The molecule has 0 fully saturated rings. The lowest BCUT2D eigenvalue weighted by molar-refractivity contribution is -0.150. The molecule has 1 N–H and O–H groups in total. The maximum absolute atomic E-state index is 10.8. The molecule has 0 rings (SSSR count). The summed E-state index contributed by atoms with van der Waals surface area (Å²) in [5, 5.41) is 3.00. The third-order valence-electron chi connectivity index (χ3n) is 1.52. The van der Waals surface area contributed by atoms with Crippen LogP contribution in [0.25, 0.3) is 0 Å².